The Labute approximate surface area is 117 Å². The quantitative estimate of drug-likeness (QED) is 0.851. The van der Waals surface area contributed by atoms with E-state index in [1.165, 1.54) is 6.07 Å². The number of hydrogen-bond donors (Lipinski definition) is 1. The summed E-state index contributed by atoms with van der Waals surface area (Å²) < 4.78 is 18.5. The molecule has 3 nitrogen and oxygen atoms in total. The molecule has 0 unspecified atom stereocenters. The molecule has 0 bridgehead atoms. The number of halogens is 1. The number of benzene rings is 2. The fourth-order valence-corrected chi connectivity index (χ4v) is 1.78. The summed E-state index contributed by atoms with van der Waals surface area (Å²) in [5.41, 5.74) is 1.64. The Morgan fingerprint density at radius 2 is 2.00 bits per heavy atom. The maximum Gasteiger partial charge on any atom is 0.251 e. The molecule has 4 heteroatoms. The van der Waals surface area contributed by atoms with Crippen LogP contribution in [0.2, 0.25) is 0 Å². The molecule has 2 rings (SSSR count). The number of carbonyl (C=O) groups is 1. The van der Waals surface area contributed by atoms with Crippen molar-refractivity contribution in [3.63, 3.8) is 0 Å². The third kappa shape index (κ3) is 3.82. The van der Waals surface area contributed by atoms with Gasteiger partial charge in [-0.15, -0.1) is 0 Å². The molecule has 0 fully saturated rings. The SMILES string of the molecule is Cc1cccc(C(=O)NCCOc2ccccc2F)c1. The highest BCUT2D eigenvalue weighted by atomic mass is 19.1. The summed E-state index contributed by atoms with van der Waals surface area (Å²) in [6.07, 6.45) is 0. The monoisotopic (exact) mass is 273 g/mol. The van der Waals surface area contributed by atoms with Crippen LogP contribution in [0.4, 0.5) is 4.39 Å². The highest BCUT2D eigenvalue weighted by Gasteiger charge is 2.05. The molecule has 0 saturated carbocycles. The Kier molecular flexibility index (Phi) is 4.71. The summed E-state index contributed by atoms with van der Waals surface area (Å²) >= 11 is 0. The second kappa shape index (κ2) is 6.70. The van der Waals surface area contributed by atoms with E-state index in [0.29, 0.717) is 12.1 Å². The van der Waals surface area contributed by atoms with Gasteiger partial charge in [-0.1, -0.05) is 29.8 Å². The van der Waals surface area contributed by atoms with Crippen LogP contribution in [-0.4, -0.2) is 19.1 Å². The van der Waals surface area contributed by atoms with Gasteiger partial charge in [0.05, 0.1) is 6.54 Å². The molecule has 0 aliphatic rings. The molecule has 0 radical (unpaired) electrons. The summed E-state index contributed by atoms with van der Waals surface area (Å²) in [7, 11) is 0. The first-order valence-electron chi connectivity index (χ1n) is 6.39. The Morgan fingerprint density at radius 1 is 1.20 bits per heavy atom. The first-order valence-corrected chi connectivity index (χ1v) is 6.39. The van der Waals surface area contributed by atoms with Crippen LogP contribution in [-0.2, 0) is 0 Å². The predicted molar refractivity (Wildman–Crippen MR) is 75.4 cm³/mol. The number of ether oxygens (including phenoxy) is 1. The Bertz CT molecular complexity index is 599. The fourth-order valence-electron chi connectivity index (χ4n) is 1.78. The van der Waals surface area contributed by atoms with Crippen molar-refractivity contribution < 1.29 is 13.9 Å². The average molecular weight is 273 g/mol. The summed E-state index contributed by atoms with van der Waals surface area (Å²) in [6, 6.07) is 13.5. The van der Waals surface area contributed by atoms with E-state index in [1.807, 2.05) is 25.1 Å². The second-order valence-corrected chi connectivity index (χ2v) is 4.40. The lowest BCUT2D eigenvalue weighted by Gasteiger charge is -2.08. The first kappa shape index (κ1) is 14.1. The lowest BCUT2D eigenvalue weighted by atomic mass is 10.1. The smallest absolute Gasteiger partial charge is 0.251 e. The van der Waals surface area contributed by atoms with Crippen LogP contribution in [0.15, 0.2) is 48.5 Å². The minimum absolute atomic E-state index is 0.161. The molecule has 0 heterocycles. The number of hydrogen-bond acceptors (Lipinski definition) is 2. The zero-order valence-corrected chi connectivity index (χ0v) is 11.2. The van der Waals surface area contributed by atoms with E-state index < -0.39 is 5.82 Å². The standard InChI is InChI=1S/C16H16FNO2/c1-12-5-4-6-13(11-12)16(19)18-9-10-20-15-8-3-2-7-14(15)17/h2-8,11H,9-10H2,1H3,(H,18,19). The van der Waals surface area contributed by atoms with E-state index >= 15 is 0 Å². The Morgan fingerprint density at radius 3 is 2.75 bits per heavy atom. The summed E-state index contributed by atoms with van der Waals surface area (Å²) in [5, 5.41) is 2.73. The average Bonchev–Trinajstić information content (AvgIpc) is 2.45. The van der Waals surface area contributed by atoms with E-state index in [4.69, 9.17) is 4.74 Å². The number of nitrogens with one attached hydrogen (secondary N) is 1. The van der Waals surface area contributed by atoms with Crippen molar-refractivity contribution in [3.05, 3.63) is 65.5 Å². The van der Waals surface area contributed by atoms with Crippen LogP contribution >= 0.6 is 0 Å². The number of para-hydroxylation sites is 1. The van der Waals surface area contributed by atoms with Crippen molar-refractivity contribution in [3.8, 4) is 5.75 Å². The highest BCUT2D eigenvalue weighted by molar-refractivity contribution is 5.94. The molecule has 104 valence electrons. The van der Waals surface area contributed by atoms with Gasteiger partial charge in [-0.05, 0) is 31.2 Å². The number of amides is 1. The zero-order valence-electron chi connectivity index (χ0n) is 11.2. The molecular weight excluding hydrogens is 257 g/mol. The van der Waals surface area contributed by atoms with Crippen molar-refractivity contribution in [2.75, 3.05) is 13.2 Å². The third-order valence-corrected chi connectivity index (χ3v) is 2.76. The molecule has 0 spiro atoms. The molecule has 1 N–H and O–H groups in total. The zero-order chi connectivity index (χ0) is 14.4. The molecular formula is C16H16FNO2. The van der Waals surface area contributed by atoms with Crippen LogP contribution in [0.25, 0.3) is 0 Å². The fraction of sp³-hybridized carbons (Fsp3) is 0.188. The van der Waals surface area contributed by atoms with E-state index in [2.05, 4.69) is 5.32 Å². The molecule has 0 aromatic heterocycles. The molecule has 1 amide bonds. The maximum atomic E-state index is 13.3. The molecule has 0 atom stereocenters. The van der Waals surface area contributed by atoms with Crippen molar-refractivity contribution in [1.82, 2.24) is 5.32 Å². The number of rotatable bonds is 5. The first-order chi connectivity index (χ1) is 9.66. The molecule has 0 saturated heterocycles. The molecule has 0 aliphatic heterocycles. The summed E-state index contributed by atoms with van der Waals surface area (Å²) in [4.78, 5) is 11.8. The van der Waals surface area contributed by atoms with Crippen molar-refractivity contribution in [1.29, 1.82) is 0 Å². The van der Waals surface area contributed by atoms with Gasteiger partial charge in [-0.3, -0.25) is 4.79 Å². The van der Waals surface area contributed by atoms with Crippen LogP contribution < -0.4 is 10.1 Å². The van der Waals surface area contributed by atoms with E-state index in [-0.39, 0.29) is 18.3 Å². The van der Waals surface area contributed by atoms with Gasteiger partial charge in [0, 0.05) is 5.56 Å². The van der Waals surface area contributed by atoms with Gasteiger partial charge in [0.1, 0.15) is 6.61 Å². The van der Waals surface area contributed by atoms with Gasteiger partial charge in [-0.2, -0.15) is 0 Å². The second-order valence-electron chi connectivity index (χ2n) is 4.40. The molecule has 20 heavy (non-hydrogen) atoms. The minimum atomic E-state index is -0.405. The lowest BCUT2D eigenvalue weighted by molar-refractivity contribution is 0.0946. The van der Waals surface area contributed by atoms with Crippen LogP contribution in [0.3, 0.4) is 0 Å². The van der Waals surface area contributed by atoms with Crippen molar-refractivity contribution in [2.45, 2.75) is 6.92 Å². The number of carbonyl (C=O) groups excluding carboxylic acids is 1. The normalized spacial score (nSPS) is 10.1. The number of aryl methyl sites for hydroxylation is 1. The van der Waals surface area contributed by atoms with Gasteiger partial charge in [0.25, 0.3) is 5.91 Å². The van der Waals surface area contributed by atoms with Crippen LogP contribution in [0.5, 0.6) is 5.75 Å². The van der Waals surface area contributed by atoms with Crippen molar-refractivity contribution >= 4 is 5.91 Å². The lowest BCUT2D eigenvalue weighted by Crippen LogP contribution is -2.28. The van der Waals surface area contributed by atoms with E-state index in [9.17, 15) is 9.18 Å². The van der Waals surface area contributed by atoms with Crippen molar-refractivity contribution in [2.24, 2.45) is 0 Å². The van der Waals surface area contributed by atoms with E-state index in [0.717, 1.165) is 5.56 Å². The van der Waals surface area contributed by atoms with Gasteiger partial charge in [0.2, 0.25) is 0 Å². The Balaban J connectivity index is 1.79. The minimum Gasteiger partial charge on any atom is -0.489 e. The molecule has 2 aromatic rings. The Hall–Kier alpha value is -2.36. The van der Waals surface area contributed by atoms with Gasteiger partial charge < -0.3 is 10.1 Å². The molecule has 0 aliphatic carbocycles. The summed E-state index contributed by atoms with van der Waals surface area (Å²) in [6.45, 7) is 2.47. The highest BCUT2D eigenvalue weighted by Crippen LogP contribution is 2.14. The van der Waals surface area contributed by atoms with Gasteiger partial charge in [-0.25, -0.2) is 4.39 Å². The summed E-state index contributed by atoms with van der Waals surface area (Å²) in [5.74, 6) is -0.374. The third-order valence-electron chi connectivity index (χ3n) is 2.76. The van der Waals surface area contributed by atoms with E-state index in [1.54, 1.807) is 24.3 Å². The van der Waals surface area contributed by atoms with Gasteiger partial charge in [0.15, 0.2) is 11.6 Å². The largest absolute Gasteiger partial charge is 0.489 e. The van der Waals surface area contributed by atoms with Gasteiger partial charge >= 0.3 is 0 Å². The molecule has 2 aromatic carbocycles. The maximum absolute atomic E-state index is 13.3. The van der Waals surface area contributed by atoms with Crippen LogP contribution in [0, 0.1) is 12.7 Å². The predicted octanol–water partition coefficient (Wildman–Crippen LogP) is 2.94. The topological polar surface area (TPSA) is 38.3 Å². The van der Waals surface area contributed by atoms with Crippen LogP contribution in [0.1, 0.15) is 15.9 Å².